The van der Waals surface area contributed by atoms with Crippen LogP contribution in [0.4, 0.5) is 0 Å². The normalized spacial score (nSPS) is 12.1. The highest BCUT2D eigenvalue weighted by Crippen LogP contribution is 2.29. The summed E-state index contributed by atoms with van der Waals surface area (Å²) in [6, 6.07) is 12.5. The molecule has 0 heterocycles. The number of aromatic hydroxyl groups is 2. The van der Waals surface area contributed by atoms with Gasteiger partial charge in [0.05, 0.1) is 6.61 Å². The molecule has 0 fully saturated rings. The maximum Gasteiger partial charge on any atom is 0.161 e. The van der Waals surface area contributed by atoms with Crippen LogP contribution in [0.5, 0.6) is 17.2 Å². The number of ether oxygens (including phenoxy) is 1. The standard InChI is InChI=1S/C17H21NO3/c1-2-21-17-10-12(3-8-16(17)20)9-14(11-18)13-4-6-15(19)7-5-13/h3-8,10,14,19-20H,2,9,11,18H2,1H3. The van der Waals surface area contributed by atoms with E-state index in [-0.39, 0.29) is 17.4 Å². The topological polar surface area (TPSA) is 75.7 Å². The van der Waals surface area contributed by atoms with Gasteiger partial charge in [0.2, 0.25) is 0 Å². The predicted molar refractivity (Wildman–Crippen MR) is 82.9 cm³/mol. The molecule has 4 N–H and O–H groups in total. The molecule has 2 aromatic carbocycles. The highest BCUT2D eigenvalue weighted by Gasteiger charge is 2.12. The number of hydrogen-bond acceptors (Lipinski definition) is 4. The molecule has 21 heavy (non-hydrogen) atoms. The van der Waals surface area contributed by atoms with Crippen LogP contribution in [-0.4, -0.2) is 23.4 Å². The minimum atomic E-state index is 0.148. The first-order valence-electron chi connectivity index (χ1n) is 7.07. The monoisotopic (exact) mass is 287 g/mol. The van der Waals surface area contributed by atoms with Gasteiger partial charge in [-0.15, -0.1) is 0 Å². The number of hydrogen-bond donors (Lipinski definition) is 3. The lowest BCUT2D eigenvalue weighted by molar-refractivity contribution is 0.317. The Bertz CT molecular complexity index is 581. The van der Waals surface area contributed by atoms with Crippen LogP contribution in [0.1, 0.15) is 24.0 Å². The molecule has 4 heteroatoms. The van der Waals surface area contributed by atoms with Gasteiger partial charge in [0.25, 0.3) is 0 Å². The smallest absolute Gasteiger partial charge is 0.161 e. The molecular formula is C17H21NO3. The summed E-state index contributed by atoms with van der Waals surface area (Å²) >= 11 is 0. The molecule has 0 aromatic heterocycles. The Morgan fingerprint density at radius 2 is 1.81 bits per heavy atom. The van der Waals surface area contributed by atoms with Crippen LogP contribution in [0, 0.1) is 0 Å². The van der Waals surface area contributed by atoms with Gasteiger partial charge in [0.1, 0.15) is 5.75 Å². The van der Waals surface area contributed by atoms with E-state index < -0.39 is 0 Å². The lowest BCUT2D eigenvalue weighted by Crippen LogP contribution is -2.15. The van der Waals surface area contributed by atoms with Gasteiger partial charge in [-0.25, -0.2) is 0 Å². The van der Waals surface area contributed by atoms with Crippen LogP contribution in [0.25, 0.3) is 0 Å². The highest BCUT2D eigenvalue weighted by molar-refractivity contribution is 5.42. The first-order valence-corrected chi connectivity index (χ1v) is 7.07. The summed E-state index contributed by atoms with van der Waals surface area (Å²) in [5.74, 6) is 1.05. The van der Waals surface area contributed by atoms with Crippen LogP contribution in [0.2, 0.25) is 0 Å². The number of rotatable bonds is 6. The van der Waals surface area contributed by atoms with E-state index in [1.165, 1.54) is 0 Å². The quantitative estimate of drug-likeness (QED) is 0.763. The summed E-state index contributed by atoms with van der Waals surface area (Å²) < 4.78 is 5.40. The Morgan fingerprint density at radius 1 is 1.10 bits per heavy atom. The molecule has 0 aliphatic rings. The van der Waals surface area contributed by atoms with E-state index in [0.717, 1.165) is 17.5 Å². The molecule has 0 aliphatic heterocycles. The van der Waals surface area contributed by atoms with Crippen LogP contribution in [0.15, 0.2) is 42.5 Å². The van der Waals surface area contributed by atoms with Crippen molar-refractivity contribution in [3.63, 3.8) is 0 Å². The molecule has 4 nitrogen and oxygen atoms in total. The minimum absolute atomic E-state index is 0.148. The molecule has 0 spiro atoms. The van der Waals surface area contributed by atoms with Crippen molar-refractivity contribution in [2.24, 2.45) is 5.73 Å². The summed E-state index contributed by atoms with van der Waals surface area (Å²) in [6.07, 6.45) is 0.752. The number of phenols is 2. The molecule has 1 atom stereocenters. The average molecular weight is 287 g/mol. The van der Waals surface area contributed by atoms with E-state index in [2.05, 4.69) is 0 Å². The Labute approximate surface area is 124 Å². The zero-order valence-corrected chi connectivity index (χ0v) is 12.1. The second kappa shape index (κ2) is 6.99. The summed E-state index contributed by atoms with van der Waals surface area (Å²) in [7, 11) is 0. The van der Waals surface area contributed by atoms with Gasteiger partial charge >= 0.3 is 0 Å². The number of phenolic OH excluding ortho intramolecular Hbond substituents is 2. The SMILES string of the molecule is CCOc1cc(CC(CN)c2ccc(O)cc2)ccc1O. The van der Waals surface area contributed by atoms with E-state index >= 15 is 0 Å². The Kier molecular flexibility index (Phi) is 5.06. The Hall–Kier alpha value is -2.20. The molecule has 0 saturated carbocycles. The van der Waals surface area contributed by atoms with E-state index in [4.69, 9.17) is 10.5 Å². The van der Waals surface area contributed by atoms with Crippen LogP contribution < -0.4 is 10.5 Å². The summed E-state index contributed by atoms with van der Waals surface area (Å²) in [5.41, 5.74) is 8.01. The van der Waals surface area contributed by atoms with Crippen molar-refractivity contribution >= 4 is 0 Å². The van der Waals surface area contributed by atoms with Crippen LogP contribution >= 0.6 is 0 Å². The van der Waals surface area contributed by atoms with Crippen molar-refractivity contribution in [3.05, 3.63) is 53.6 Å². The predicted octanol–water partition coefficient (Wildman–Crippen LogP) is 2.78. The fourth-order valence-electron chi connectivity index (χ4n) is 2.32. The number of nitrogens with two attached hydrogens (primary N) is 1. The second-order valence-corrected chi connectivity index (χ2v) is 4.96. The third-order valence-electron chi connectivity index (χ3n) is 3.46. The van der Waals surface area contributed by atoms with Gasteiger partial charge in [-0.1, -0.05) is 18.2 Å². The first-order chi connectivity index (χ1) is 10.1. The fraction of sp³-hybridized carbons (Fsp3) is 0.294. The third-order valence-corrected chi connectivity index (χ3v) is 3.46. The van der Waals surface area contributed by atoms with Crippen molar-refractivity contribution in [1.82, 2.24) is 0 Å². The van der Waals surface area contributed by atoms with Crippen molar-refractivity contribution < 1.29 is 14.9 Å². The molecule has 112 valence electrons. The van der Waals surface area contributed by atoms with Gasteiger partial charge < -0.3 is 20.7 Å². The summed E-state index contributed by atoms with van der Waals surface area (Å²) in [4.78, 5) is 0. The molecular weight excluding hydrogens is 266 g/mol. The molecule has 0 bridgehead atoms. The summed E-state index contributed by atoms with van der Waals surface area (Å²) in [5, 5.41) is 19.1. The lowest BCUT2D eigenvalue weighted by atomic mass is 9.92. The fourth-order valence-corrected chi connectivity index (χ4v) is 2.32. The zero-order chi connectivity index (χ0) is 15.2. The van der Waals surface area contributed by atoms with Crippen molar-refractivity contribution in [2.45, 2.75) is 19.3 Å². The van der Waals surface area contributed by atoms with Gasteiger partial charge in [0.15, 0.2) is 11.5 Å². The third kappa shape index (κ3) is 3.89. The van der Waals surface area contributed by atoms with Crippen LogP contribution in [-0.2, 0) is 6.42 Å². The molecule has 0 radical (unpaired) electrons. The molecule has 0 saturated heterocycles. The van der Waals surface area contributed by atoms with Crippen LogP contribution in [0.3, 0.4) is 0 Å². The Balaban J connectivity index is 2.18. The molecule has 2 aromatic rings. The molecule has 0 amide bonds. The average Bonchev–Trinajstić information content (AvgIpc) is 2.49. The lowest BCUT2D eigenvalue weighted by Gasteiger charge is -2.16. The van der Waals surface area contributed by atoms with E-state index in [1.54, 1.807) is 18.2 Å². The zero-order valence-electron chi connectivity index (χ0n) is 12.1. The number of benzene rings is 2. The molecule has 1 unspecified atom stereocenters. The van der Waals surface area contributed by atoms with Crippen molar-refractivity contribution in [1.29, 1.82) is 0 Å². The van der Waals surface area contributed by atoms with E-state index in [0.29, 0.717) is 18.9 Å². The largest absolute Gasteiger partial charge is 0.508 e. The van der Waals surface area contributed by atoms with Gasteiger partial charge in [-0.05, 0) is 55.3 Å². The van der Waals surface area contributed by atoms with Gasteiger partial charge in [-0.3, -0.25) is 0 Å². The van der Waals surface area contributed by atoms with Gasteiger partial charge in [-0.2, -0.15) is 0 Å². The summed E-state index contributed by atoms with van der Waals surface area (Å²) in [6.45, 7) is 2.90. The van der Waals surface area contributed by atoms with Crippen molar-refractivity contribution in [2.75, 3.05) is 13.2 Å². The van der Waals surface area contributed by atoms with Crippen molar-refractivity contribution in [3.8, 4) is 17.2 Å². The Morgan fingerprint density at radius 3 is 2.43 bits per heavy atom. The second-order valence-electron chi connectivity index (χ2n) is 4.96. The molecule has 0 aliphatic carbocycles. The maximum atomic E-state index is 9.73. The molecule has 2 rings (SSSR count). The minimum Gasteiger partial charge on any atom is -0.508 e. The van der Waals surface area contributed by atoms with E-state index in [9.17, 15) is 10.2 Å². The van der Waals surface area contributed by atoms with Gasteiger partial charge in [0, 0.05) is 5.92 Å². The first kappa shape index (κ1) is 15.2. The maximum absolute atomic E-state index is 9.73. The highest BCUT2D eigenvalue weighted by atomic mass is 16.5. The van der Waals surface area contributed by atoms with E-state index in [1.807, 2.05) is 31.2 Å².